The molecule has 568 valence electrons. The Bertz CT molecular complexity index is 6930. The monoisotopic (exact) mass is 1510 g/mol. The maximum atomic E-state index is 2.40. The fourth-order valence-corrected chi connectivity index (χ4v) is 20.3. The summed E-state index contributed by atoms with van der Waals surface area (Å²) in [5.41, 5.74) is 33.1. The van der Waals surface area contributed by atoms with Crippen molar-refractivity contribution in [2.45, 2.75) is 70.6 Å². The normalized spacial score (nSPS) is 14.1. The first kappa shape index (κ1) is 72.5. The number of aryl methyl sites for hydroxylation is 8. The molecular weight excluding hydrogens is 1420 g/mol. The highest BCUT2D eigenvalue weighted by molar-refractivity contribution is 6.04. The number of rotatable bonds is 0. The average molecular weight is 1510 g/mol. The Morgan fingerprint density at radius 1 is 0.214 bits per heavy atom. The van der Waals surface area contributed by atoms with Crippen LogP contribution < -0.4 is 24.5 Å². The van der Waals surface area contributed by atoms with Gasteiger partial charge in [-0.05, 0) is 248 Å². The third kappa shape index (κ3) is 12.9. The number of nitrogens with zero attached hydrogens (tertiary/aromatic N) is 5. The fourth-order valence-electron chi connectivity index (χ4n) is 20.3. The van der Waals surface area contributed by atoms with Gasteiger partial charge in [0, 0.05) is 91.2 Å². The van der Waals surface area contributed by atoms with E-state index in [2.05, 4.69) is 425 Å². The average Bonchev–Trinajstić information content (AvgIpc) is 1.56. The first-order valence-corrected chi connectivity index (χ1v) is 41.8. The summed E-state index contributed by atoms with van der Waals surface area (Å²) in [6, 6.07) is 124. The molecule has 0 aromatic heterocycles. The topological polar surface area (TPSA) is 16.2 Å². The van der Waals surface area contributed by atoms with Gasteiger partial charge in [-0.1, -0.05) is 311 Å². The first-order valence-electron chi connectivity index (χ1n) is 41.8. The molecule has 5 nitrogen and oxygen atoms in total. The fraction of sp³-hybridized carbons (Fsp3) is 0.143. The van der Waals surface area contributed by atoms with Gasteiger partial charge < -0.3 is 24.5 Å². The molecule has 0 amide bonds. The second kappa shape index (κ2) is 30.0. The Kier molecular flexibility index (Phi) is 18.6. The molecule has 117 heavy (non-hydrogen) atoms. The maximum absolute atomic E-state index is 2.40. The lowest BCUT2D eigenvalue weighted by atomic mass is 9.80. The van der Waals surface area contributed by atoms with Crippen LogP contribution in [0.15, 0.2) is 340 Å². The van der Waals surface area contributed by atoms with E-state index in [1.165, 1.54) is 210 Å². The summed E-state index contributed by atoms with van der Waals surface area (Å²) < 4.78 is 0. The number of hydrogen-bond acceptors (Lipinski definition) is 5. The van der Waals surface area contributed by atoms with Crippen LogP contribution in [-0.4, -0.2) is 35.2 Å². The Labute approximate surface area is 687 Å². The highest BCUT2D eigenvalue weighted by Gasteiger charge is 2.40. The van der Waals surface area contributed by atoms with Gasteiger partial charge >= 0.3 is 0 Å². The molecule has 0 N–H and O–H groups in total. The zero-order chi connectivity index (χ0) is 79.0. The second-order valence-corrected chi connectivity index (χ2v) is 33.0. The number of benzene rings is 18. The van der Waals surface area contributed by atoms with Crippen molar-refractivity contribution in [1.29, 1.82) is 0 Å². The van der Waals surface area contributed by atoms with E-state index in [0.717, 1.165) is 51.4 Å². The van der Waals surface area contributed by atoms with Crippen LogP contribution in [0.2, 0.25) is 0 Å². The van der Waals surface area contributed by atoms with E-state index in [9.17, 15) is 0 Å². The molecule has 24 rings (SSSR count). The van der Waals surface area contributed by atoms with Crippen LogP contribution in [0.3, 0.4) is 0 Å². The molecule has 5 heterocycles. The molecule has 18 aromatic rings. The van der Waals surface area contributed by atoms with Crippen molar-refractivity contribution in [2.75, 3.05) is 59.7 Å². The third-order valence-electron chi connectivity index (χ3n) is 26.1. The second-order valence-electron chi connectivity index (χ2n) is 33.0. The van der Waals surface area contributed by atoms with Gasteiger partial charge in [0.2, 0.25) is 0 Å². The zero-order valence-electron chi connectivity index (χ0n) is 67.9. The molecule has 5 aliphatic heterocycles. The minimum atomic E-state index is -0.00134. The Balaban J connectivity index is 0.0000000943. The molecule has 0 fully saturated rings. The van der Waals surface area contributed by atoms with Crippen LogP contribution in [0.5, 0.6) is 0 Å². The molecule has 0 atom stereocenters. The van der Waals surface area contributed by atoms with Gasteiger partial charge in [-0.3, -0.25) is 0 Å². The standard InChI is InChI=1S/C24H21N.3C23H19N.C19H17N/c1-24(2)20-10-6-5-9-18(20)19-15-14-17-13-12-16-8-4-7-11-21(16)25(3)23(17)22(19)24;1-24-22-15-13-16-6-2-4-8-19(16)21(22)14-12-18-11-10-17-7-3-5-9-20(17)23(18)24;1-24-22-13-11-16-6-4-5-9-20(16)21(22)12-10-19-14-17-7-2-3-8-18(17)15-23(19)24;1-24-22-15-19-8-3-2-7-18(19)14-20(22)13-12-17-11-10-16-6-4-5-9-21(16)23(17)24;1-20-18-9-5-3-7-15(18)10-12-17-16-8-4-2-6-14(16)11-13-19(17)20/h4-15H,1-3H3;2-11,13,15H,12,14H2,1H3;2-9,11,13-15H,10,12H2,1H3;2-11,14-15H,12-13H2,1H3;2-9,11,13H,10,12H2,1H3. The smallest absolute Gasteiger partial charge is 0.0529 e. The van der Waals surface area contributed by atoms with Gasteiger partial charge in [-0.15, -0.1) is 0 Å². The van der Waals surface area contributed by atoms with Crippen molar-refractivity contribution in [2.24, 2.45) is 0 Å². The van der Waals surface area contributed by atoms with Crippen LogP contribution in [0, 0.1) is 0 Å². The van der Waals surface area contributed by atoms with Gasteiger partial charge in [-0.25, -0.2) is 0 Å². The molecule has 1 aliphatic carbocycles. The van der Waals surface area contributed by atoms with E-state index in [1.807, 2.05) is 0 Å². The van der Waals surface area contributed by atoms with Gasteiger partial charge in [0.1, 0.15) is 0 Å². The SMILES string of the molecule is CN1c2cc3ccccc3cc2CCc2c1ccc1ccccc21.CN1c2cc3ccccc3cc2CCc2ccc3ccccc3c21.CN1c2ccc3ccccc3c2CCc2ccc3ccccc3c21.CN1c2ccccc2C=Cc2ccc3c(c21)C(C)(C)c1ccccc1-3.CN1c2ccccc2CCc2c1ccc1ccccc21. The van der Waals surface area contributed by atoms with Crippen molar-refractivity contribution in [1.82, 2.24) is 0 Å². The van der Waals surface area contributed by atoms with Crippen molar-refractivity contribution < 1.29 is 0 Å². The third-order valence-corrected chi connectivity index (χ3v) is 26.1. The summed E-state index contributed by atoms with van der Waals surface area (Å²) in [4.78, 5) is 11.9. The number of hydrogen-bond donors (Lipinski definition) is 0. The van der Waals surface area contributed by atoms with E-state index in [4.69, 9.17) is 0 Å². The van der Waals surface area contributed by atoms with Gasteiger partial charge in [0.25, 0.3) is 0 Å². The lowest BCUT2D eigenvalue weighted by molar-refractivity contribution is 0.660. The Morgan fingerprint density at radius 2 is 0.564 bits per heavy atom. The molecular formula is C112H95N5. The highest BCUT2D eigenvalue weighted by Crippen LogP contribution is 2.55. The molecule has 6 aliphatic rings. The molecule has 0 saturated heterocycles. The molecule has 0 unspecified atom stereocenters. The summed E-state index contributed by atoms with van der Waals surface area (Å²) >= 11 is 0. The number of fused-ring (bicyclic) bond motifs is 26. The van der Waals surface area contributed by atoms with E-state index >= 15 is 0 Å². The van der Waals surface area contributed by atoms with Gasteiger partial charge in [0.05, 0.1) is 17.1 Å². The van der Waals surface area contributed by atoms with E-state index in [1.54, 1.807) is 0 Å². The van der Waals surface area contributed by atoms with Crippen molar-refractivity contribution in [3.05, 3.63) is 406 Å². The molecule has 0 spiro atoms. The molecule has 18 aromatic carbocycles. The predicted octanol–water partition coefficient (Wildman–Crippen LogP) is 28.5. The summed E-state index contributed by atoms with van der Waals surface area (Å²) in [6.45, 7) is 4.71. The molecule has 0 saturated carbocycles. The van der Waals surface area contributed by atoms with Crippen molar-refractivity contribution in [3.8, 4) is 11.1 Å². The van der Waals surface area contributed by atoms with E-state index in [0.29, 0.717) is 0 Å². The molecule has 0 radical (unpaired) electrons. The van der Waals surface area contributed by atoms with Crippen molar-refractivity contribution in [3.63, 3.8) is 0 Å². The summed E-state index contributed by atoms with van der Waals surface area (Å²) in [6.07, 6.45) is 13.3. The van der Waals surface area contributed by atoms with Crippen LogP contribution in [0.25, 0.3) is 98.7 Å². The van der Waals surface area contributed by atoms with Crippen LogP contribution >= 0.6 is 0 Å². The number of para-hydroxylation sites is 2. The quantitative estimate of drug-likeness (QED) is 0.150. The Morgan fingerprint density at radius 3 is 1.10 bits per heavy atom. The van der Waals surface area contributed by atoms with Gasteiger partial charge in [-0.2, -0.15) is 0 Å². The molecule has 0 bridgehead atoms. The van der Waals surface area contributed by atoms with Gasteiger partial charge in [0.15, 0.2) is 0 Å². The maximum Gasteiger partial charge on any atom is 0.0529 e. The Hall–Kier alpha value is -13.5. The summed E-state index contributed by atoms with van der Waals surface area (Å²) in [5.74, 6) is 0. The van der Waals surface area contributed by atoms with Crippen molar-refractivity contribution >= 4 is 144 Å². The predicted molar refractivity (Wildman–Crippen MR) is 503 cm³/mol. The highest BCUT2D eigenvalue weighted by atomic mass is 15.1. The molecule has 5 heteroatoms. The lowest BCUT2D eigenvalue weighted by Crippen LogP contribution is -2.21. The minimum absolute atomic E-state index is 0.00134. The minimum Gasteiger partial charge on any atom is -0.344 e. The lowest BCUT2D eigenvalue weighted by Gasteiger charge is -2.30. The number of anilines is 10. The first-order chi connectivity index (χ1) is 57.4. The van der Waals surface area contributed by atoms with E-state index in [-0.39, 0.29) is 5.41 Å². The van der Waals surface area contributed by atoms with Crippen LogP contribution in [0.4, 0.5) is 56.9 Å². The zero-order valence-corrected chi connectivity index (χ0v) is 67.9. The van der Waals surface area contributed by atoms with E-state index < -0.39 is 0 Å². The largest absolute Gasteiger partial charge is 0.344 e. The van der Waals surface area contributed by atoms with Crippen LogP contribution in [0.1, 0.15) is 80.6 Å². The summed E-state index contributed by atoms with van der Waals surface area (Å²) in [5, 5.41) is 18.8. The summed E-state index contributed by atoms with van der Waals surface area (Å²) in [7, 11) is 11.0. The van der Waals surface area contributed by atoms with Crippen LogP contribution in [-0.2, 0) is 56.8 Å².